The Labute approximate surface area is 160 Å². The minimum Gasteiger partial charge on any atom is -0.355 e. The Morgan fingerprint density at radius 1 is 0.667 bits per heavy atom. The highest BCUT2D eigenvalue weighted by molar-refractivity contribution is 5.90. The van der Waals surface area contributed by atoms with Crippen molar-refractivity contribution < 1.29 is 24.0 Å². The molecule has 3 N–H and O–H groups in total. The van der Waals surface area contributed by atoms with Gasteiger partial charge in [-0.15, -0.1) is 0 Å². The van der Waals surface area contributed by atoms with E-state index in [2.05, 4.69) is 16.0 Å². The van der Waals surface area contributed by atoms with E-state index in [-0.39, 0.29) is 56.9 Å². The van der Waals surface area contributed by atoms with Gasteiger partial charge in [0, 0.05) is 25.9 Å². The van der Waals surface area contributed by atoms with Crippen molar-refractivity contribution in [3.8, 4) is 0 Å². The molecule has 0 heterocycles. The second-order valence-corrected chi connectivity index (χ2v) is 5.70. The molecular formula is C17H31N5O5. The Hall–Kier alpha value is -2.65. The monoisotopic (exact) mass is 385 g/mol. The number of nitrogens with one attached hydrogen (secondary N) is 3. The van der Waals surface area contributed by atoms with Crippen molar-refractivity contribution in [2.45, 2.75) is 40.5 Å². The number of hydrogen-bond acceptors (Lipinski definition) is 5. The summed E-state index contributed by atoms with van der Waals surface area (Å²) in [5, 5.41) is 7.55. The van der Waals surface area contributed by atoms with Gasteiger partial charge in [0.25, 0.3) is 0 Å². The number of carbonyl (C=O) groups is 5. The van der Waals surface area contributed by atoms with Crippen LogP contribution in [0, 0.1) is 0 Å². The Morgan fingerprint density at radius 3 is 1.78 bits per heavy atom. The zero-order valence-corrected chi connectivity index (χ0v) is 16.6. The molecule has 0 atom stereocenters. The number of likely N-dealkylation sites (N-methyl/N-ethyl adjacent to an activating group) is 2. The molecule has 10 nitrogen and oxygen atoms in total. The third-order valence-electron chi connectivity index (χ3n) is 3.66. The molecule has 0 saturated heterocycles. The highest BCUT2D eigenvalue weighted by atomic mass is 16.2. The Morgan fingerprint density at radius 2 is 1.26 bits per heavy atom. The first-order valence-corrected chi connectivity index (χ1v) is 9.14. The van der Waals surface area contributed by atoms with Crippen molar-refractivity contribution >= 4 is 29.5 Å². The summed E-state index contributed by atoms with van der Waals surface area (Å²) in [5.74, 6) is -1.77. The summed E-state index contributed by atoms with van der Waals surface area (Å²) in [7, 11) is 0. The molecule has 0 aliphatic heterocycles. The number of carbonyl (C=O) groups excluding carboxylic acids is 5. The molecule has 10 heteroatoms. The van der Waals surface area contributed by atoms with Crippen LogP contribution in [0.1, 0.15) is 40.5 Å². The van der Waals surface area contributed by atoms with Gasteiger partial charge in [0.05, 0.1) is 19.8 Å². The quantitative estimate of drug-likeness (QED) is 0.364. The zero-order chi connectivity index (χ0) is 20.8. The van der Waals surface area contributed by atoms with Gasteiger partial charge in [0.15, 0.2) is 0 Å². The van der Waals surface area contributed by atoms with Crippen molar-refractivity contribution in [1.29, 1.82) is 0 Å². The van der Waals surface area contributed by atoms with Crippen LogP contribution in [0.3, 0.4) is 0 Å². The molecule has 0 bridgehead atoms. The molecule has 0 fully saturated rings. The summed E-state index contributed by atoms with van der Waals surface area (Å²) in [6, 6.07) is 0. The van der Waals surface area contributed by atoms with Crippen LogP contribution in [0.5, 0.6) is 0 Å². The van der Waals surface area contributed by atoms with Crippen molar-refractivity contribution in [2.24, 2.45) is 0 Å². The topological polar surface area (TPSA) is 128 Å². The van der Waals surface area contributed by atoms with E-state index in [1.165, 1.54) is 4.90 Å². The predicted molar refractivity (Wildman–Crippen MR) is 99.3 cm³/mol. The third-order valence-corrected chi connectivity index (χ3v) is 3.66. The first kappa shape index (κ1) is 24.4. The number of hydrogen-bond donors (Lipinski definition) is 3. The molecule has 0 aromatic heterocycles. The molecule has 0 spiro atoms. The third kappa shape index (κ3) is 10.2. The second-order valence-electron chi connectivity index (χ2n) is 5.70. The molecule has 0 unspecified atom stereocenters. The molecule has 0 aromatic rings. The Balaban J connectivity index is 4.71. The fourth-order valence-corrected chi connectivity index (χ4v) is 2.08. The van der Waals surface area contributed by atoms with Crippen LogP contribution in [0.25, 0.3) is 0 Å². The van der Waals surface area contributed by atoms with Crippen molar-refractivity contribution in [1.82, 2.24) is 25.8 Å². The summed E-state index contributed by atoms with van der Waals surface area (Å²) >= 11 is 0. The van der Waals surface area contributed by atoms with E-state index in [9.17, 15) is 24.0 Å². The summed E-state index contributed by atoms with van der Waals surface area (Å²) in [5.41, 5.74) is 0. The Bertz CT molecular complexity index is 538. The van der Waals surface area contributed by atoms with Crippen LogP contribution in [-0.4, -0.2) is 78.7 Å². The van der Waals surface area contributed by atoms with E-state index >= 15 is 0 Å². The van der Waals surface area contributed by atoms with Gasteiger partial charge in [-0.1, -0.05) is 13.8 Å². The summed E-state index contributed by atoms with van der Waals surface area (Å²) < 4.78 is 0. The lowest BCUT2D eigenvalue weighted by Gasteiger charge is -2.23. The van der Waals surface area contributed by atoms with Crippen LogP contribution >= 0.6 is 0 Å². The van der Waals surface area contributed by atoms with Gasteiger partial charge >= 0.3 is 0 Å². The van der Waals surface area contributed by atoms with Gasteiger partial charge < -0.3 is 25.8 Å². The van der Waals surface area contributed by atoms with Gasteiger partial charge in [-0.05, 0) is 13.8 Å². The molecule has 0 rings (SSSR count). The highest BCUT2D eigenvalue weighted by Crippen LogP contribution is 1.94. The lowest BCUT2D eigenvalue weighted by molar-refractivity contribution is -0.138. The standard InChI is InChI=1S/C17H31N5O5/c1-5-13(23)20-12-22(11-14(24)18-7-3)17(27)9-19-15(25)10-21(8-4)16(26)6-2/h5-12H2,1-4H3,(H,18,24)(H,19,25)(H,20,23). The van der Waals surface area contributed by atoms with Gasteiger partial charge in [-0.3, -0.25) is 24.0 Å². The van der Waals surface area contributed by atoms with Crippen LogP contribution in [0.15, 0.2) is 0 Å². The maximum Gasteiger partial charge on any atom is 0.243 e. The largest absolute Gasteiger partial charge is 0.355 e. The molecule has 0 radical (unpaired) electrons. The normalized spacial score (nSPS) is 9.93. The van der Waals surface area contributed by atoms with Gasteiger partial charge in [-0.2, -0.15) is 0 Å². The molecule has 0 aliphatic rings. The average molecular weight is 385 g/mol. The minimum absolute atomic E-state index is 0.131. The maximum atomic E-state index is 12.3. The van der Waals surface area contributed by atoms with Crippen LogP contribution < -0.4 is 16.0 Å². The van der Waals surface area contributed by atoms with Crippen molar-refractivity contribution in [3.63, 3.8) is 0 Å². The summed E-state index contributed by atoms with van der Waals surface area (Å²) in [6.45, 7) is 6.85. The fraction of sp³-hybridized carbons (Fsp3) is 0.706. The highest BCUT2D eigenvalue weighted by Gasteiger charge is 2.19. The second kappa shape index (κ2) is 13.5. The van der Waals surface area contributed by atoms with E-state index < -0.39 is 11.8 Å². The van der Waals surface area contributed by atoms with Crippen LogP contribution in [0.4, 0.5) is 0 Å². The van der Waals surface area contributed by atoms with E-state index in [0.717, 1.165) is 4.90 Å². The Kier molecular flexibility index (Phi) is 12.2. The van der Waals surface area contributed by atoms with Gasteiger partial charge in [-0.25, -0.2) is 0 Å². The summed E-state index contributed by atoms with van der Waals surface area (Å²) in [6.07, 6.45) is 0.537. The molecule has 154 valence electrons. The molecule has 5 amide bonds. The molecule has 0 saturated carbocycles. The fourth-order valence-electron chi connectivity index (χ4n) is 2.08. The number of amides is 5. The molecular weight excluding hydrogens is 354 g/mol. The smallest absolute Gasteiger partial charge is 0.243 e. The molecule has 0 aromatic carbocycles. The lowest BCUT2D eigenvalue weighted by Crippen LogP contribution is -2.50. The van der Waals surface area contributed by atoms with E-state index in [1.54, 1.807) is 27.7 Å². The average Bonchev–Trinajstić information content (AvgIpc) is 2.66. The van der Waals surface area contributed by atoms with Crippen molar-refractivity contribution in [2.75, 3.05) is 39.4 Å². The van der Waals surface area contributed by atoms with Crippen LogP contribution in [0.2, 0.25) is 0 Å². The van der Waals surface area contributed by atoms with E-state index in [4.69, 9.17) is 0 Å². The zero-order valence-electron chi connectivity index (χ0n) is 16.6. The summed E-state index contributed by atoms with van der Waals surface area (Å²) in [4.78, 5) is 61.7. The number of rotatable bonds is 12. The SMILES string of the molecule is CCNC(=O)CN(CNC(=O)CC)C(=O)CNC(=O)CN(CC)C(=O)CC. The number of nitrogens with zero attached hydrogens (tertiary/aromatic N) is 2. The van der Waals surface area contributed by atoms with E-state index in [0.29, 0.717) is 13.1 Å². The van der Waals surface area contributed by atoms with Gasteiger partial charge in [0.2, 0.25) is 29.5 Å². The predicted octanol–water partition coefficient (Wildman–Crippen LogP) is -1.19. The first-order chi connectivity index (χ1) is 12.8. The first-order valence-electron chi connectivity index (χ1n) is 9.14. The van der Waals surface area contributed by atoms with E-state index in [1.807, 2.05) is 0 Å². The molecule has 0 aliphatic carbocycles. The molecule has 27 heavy (non-hydrogen) atoms. The maximum absolute atomic E-state index is 12.3. The van der Waals surface area contributed by atoms with Gasteiger partial charge in [0.1, 0.15) is 6.54 Å². The lowest BCUT2D eigenvalue weighted by atomic mass is 10.3. The van der Waals surface area contributed by atoms with Crippen LogP contribution in [-0.2, 0) is 24.0 Å². The van der Waals surface area contributed by atoms with Crippen molar-refractivity contribution in [3.05, 3.63) is 0 Å². The minimum atomic E-state index is -0.518.